The molecule has 1 aliphatic rings. The number of hydrogen-bond acceptors (Lipinski definition) is 3. The number of rotatable bonds is 1. The summed E-state index contributed by atoms with van der Waals surface area (Å²) in [5.41, 5.74) is 7.81. The molecule has 1 aromatic heterocycles. The maximum atomic E-state index is 11.4. The summed E-state index contributed by atoms with van der Waals surface area (Å²) in [6, 6.07) is 0. The SMILES string of the molecule is CC1(C)Cc2c(cnc(N)c2C(=O)O)C(C)(C)C1. The number of nitrogens with two attached hydrogens (primary N) is 1. The lowest BCUT2D eigenvalue weighted by atomic mass is 9.62. The summed E-state index contributed by atoms with van der Waals surface area (Å²) in [4.78, 5) is 15.4. The molecular weight excluding hydrogens is 228 g/mol. The van der Waals surface area contributed by atoms with Crippen molar-refractivity contribution in [2.45, 2.75) is 46.0 Å². The number of aromatic nitrogens is 1. The summed E-state index contributed by atoms with van der Waals surface area (Å²) in [5, 5.41) is 9.34. The van der Waals surface area contributed by atoms with Crippen molar-refractivity contribution in [3.8, 4) is 0 Å². The molecule has 0 fully saturated rings. The van der Waals surface area contributed by atoms with Crippen LogP contribution in [-0.4, -0.2) is 16.1 Å². The molecule has 4 nitrogen and oxygen atoms in total. The van der Waals surface area contributed by atoms with Gasteiger partial charge in [0.25, 0.3) is 0 Å². The van der Waals surface area contributed by atoms with Crippen molar-refractivity contribution in [1.82, 2.24) is 4.98 Å². The number of aromatic carboxylic acids is 1. The van der Waals surface area contributed by atoms with E-state index in [9.17, 15) is 9.90 Å². The molecule has 0 amide bonds. The Hall–Kier alpha value is -1.58. The van der Waals surface area contributed by atoms with Gasteiger partial charge in [-0.15, -0.1) is 0 Å². The number of anilines is 1. The molecule has 1 aromatic rings. The van der Waals surface area contributed by atoms with Gasteiger partial charge in [0.2, 0.25) is 0 Å². The molecule has 0 atom stereocenters. The van der Waals surface area contributed by atoms with Gasteiger partial charge in [0.1, 0.15) is 11.4 Å². The average Bonchev–Trinajstić information content (AvgIpc) is 2.11. The second-order valence-corrected chi connectivity index (χ2v) is 6.62. The number of nitrogen functional groups attached to an aromatic ring is 1. The zero-order valence-electron chi connectivity index (χ0n) is 11.4. The highest BCUT2D eigenvalue weighted by atomic mass is 16.4. The quantitative estimate of drug-likeness (QED) is 0.801. The summed E-state index contributed by atoms with van der Waals surface area (Å²) in [6.07, 6.45) is 3.49. The van der Waals surface area contributed by atoms with E-state index in [1.807, 2.05) is 0 Å². The van der Waals surface area contributed by atoms with Gasteiger partial charge in [0.15, 0.2) is 0 Å². The average molecular weight is 248 g/mol. The normalized spacial score (nSPS) is 20.2. The molecule has 0 spiro atoms. The molecule has 2 rings (SSSR count). The Labute approximate surface area is 107 Å². The van der Waals surface area contributed by atoms with Gasteiger partial charge in [-0.2, -0.15) is 0 Å². The number of carbonyl (C=O) groups is 1. The first-order valence-corrected chi connectivity index (χ1v) is 6.15. The Kier molecular flexibility index (Phi) is 2.65. The second kappa shape index (κ2) is 3.70. The highest BCUT2D eigenvalue weighted by Gasteiger charge is 2.40. The topological polar surface area (TPSA) is 76.2 Å². The fraction of sp³-hybridized carbons (Fsp3) is 0.571. The molecule has 0 unspecified atom stereocenters. The smallest absolute Gasteiger partial charge is 0.339 e. The van der Waals surface area contributed by atoms with Crippen molar-refractivity contribution in [2.24, 2.45) is 5.41 Å². The first kappa shape index (κ1) is 12.9. The lowest BCUT2D eigenvalue weighted by Crippen LogP contribution is -2.36. The van der Waals surface area contributed by atoms with E-state index in [0.717, 1.165) is 24.0 Å². The zero-order chi connectivity index (χ0) is 13.7. The largest absolute Gasteiger partial charge is 0.478 e. The summed E-state index contributed by atoms with van der Waals surface area (Å²) in [7, 11) is 0. The first-order chi connectivity index (χ1) is 8.14. The van der Waals surface area contributed by atoms with Crippen LogP contribution in [0.1, 0.15) is 55.6 Å². The van der Waals surface area contributed by atoms with Crippen LogP contribution >= 0.6 is 0 Å². The van der Waals surface area contributed by atoms with Crippen LogP contribution in [0.5, 0.6) is 0 Å². The van der Waals surface area contributed by atoms with Gasteiger partial charge < -0.3 is 10.8 Å². The number of nitrogens with zero attached hydrogens (tertiary/aromatic N) is 1. The molecule has 3 N–H and O–H groups in total. The van der Waals surface area contributed by atoms with Gasteiger partial charge in [-0.05, 0) is 34.8 Å². The minimum Gasteiger partial charge on any atom is -0.478 e. The van der Waals surface area contributed by atoms with Gasteiger partial charge in [-0.1, -0.05) is 27.7 Å². The van der Waals surface area contributed by atoms with E-state index in [4.69, 9.17) is 5.73 Å². The number of carboxylic acid groups (broad SMARTS) is 1. The van der Waals surface area contributed by atoms with Gasteiger partial charge in [-0.3, -0.25) is 0 Å². The van der Waals surface area contributed by atoms with Crippen LogP contribution in [0.3, 0.4) is 0 Å². The van der Waals surface area contributed by atoms with Gasteiger partial charge in [0, 0.05) is 6.20 Å². The second-order valence-electron chi connectivity index (χ2n) is 6.62. The molecule has 4 heteroatoms. The molecule has 1 aliphatic carbocycles. The van der Waals surface area contributed by atoms with E-state index in [1.165, 1.54) is 0 Å². The van der Waals surface area contributed by atoms with Crippen molar-refractivity contribution in [3.63, 3.8) is 0 Å². The molecular formula is C14H20N2O2. The van der Waals surface area contributed by atoms with Crippen LogP contribution in [0.2, 0.25) is 0 Å². The molecule has 0 saturated heterocycles. The van der Waals surface area contributed by atoms with E-state index >= 15 is 0 Å². The number of carboxylic acids is 1. The maximum Gasteiger partial charge on any atom is 0.339 e. The van der Waals surface area contributed by atoms with E-state index in [-0.39, 0.29) is 22.2 Å². The van der Waals surface area contributed by atoms with Crippen molar-refractivity contribution >= 4 is 11.8 Å². The van der Waals surface area contributed by atoms with E-state index in [0.29, 0.717) is 0 Å². The Morgan fingerprint density at radius 2 is 2.00 bits per heavy atom. The summed E-state index contributed by atoms with van der Waals surface area (Å²) >= 11 is 0. The summed E-state index contributed by atoms with van der Waals surface area (Å²) in [5.74, 6) is -0.861. The molecule has 0 saturated carbocycles. The fourth-order valence-corrected chi connectivity index (χ4v) is 3.40. The lowest BCUT2D eigenvalue weighted by Gasteiger charge is -2.42. The minimum absolute atomic E-state index is 0.0675. The monoisotopic (exact) mass is 248 g/mol. The van der Waals surface area contributed by atoms with Crippen molar-refractivity contribution in [1.29, 1.82) is 0 Å². The third kappa shape index (κ3) is 1.96. The first-order valence-electron chi connectivity index (χ1n) is 6.15. The van der Waals surface area contributed by atoms with Crippen LogP contribution in [0.4, 0.5) is 5.82 Å². The molecule has 18 heavy (non-hydrogen) atoms. The number of pyridine rings is 1. The van der Waals surface area contributed by atoms with E-state index < -0.39 is 5.97 Å². The highest BCUT2D eigenvalue weighted by molar-refractivity contribution is 5.95. The number of hydrogen-bond donors (Lipinski definition) is 2. The standard InChI is InChI=1S/C14H20N2O2/c1-13(2)5-8-9(14(3,4)7-13)6-16-11(15)10(8)12(17)18/h6H,5,7H2,1-4H3,(H2,15,16)(H,17,18). The molecule has 0 aliphatic heterocycles. The van der Waals surface area contributed by atoms with E-state index in [1.54, 1.807) is 6.20 Å². The minimum atomic E-state index is -0.981. The summed E-state index contributed by atoms with van der Waals surface area (Å²) < 4.78 is 0. The van der Waals surface area contributed by atoms with Crippen LogP contribution < -0.4 is 5.73 Å². The fourth-order valence-electron chi connectivity index (χ4n) is 3.40. The Balaban J connectivity index is 2.73. The van der Waals surface area contributed by atoms with Gasteiger partial charge >= 0.3 is 5.97 Å². The molecule has 1 heterocycles. The summed E-state index contributed by atoms with van der Waals surface area (Å²) in [6.45, 7) is 8.60. The predicted octanol–water partition coefficient (Wildman–Crippen LogP) is 2.61. The number of fused-ring (bicyclic) bond motifs is 1. The Bertz CT molecular complexity index is 519. The third-order valence-electron chi connectivity index (χ3n) is 3.73. The van der Waals surface area contributed by atoms with Crippen molar-refractivity contribution in [3.05, 3.63) is 22.9 Å². The Morgan fingerprint density at radius 3 is 2.56 bits per heavy atom. The Morgan fingerprint density at radius 1 is 1.39 bits per heavy atom. The molecule has 0 radical (unpaired) electrons. The molecule has 98 valence electrons. The van der Waals surface area contributed by atoms with Crippen molar-refractivity contribution in [2.75, 3.05) is 5.73 Å². The third-order valence-corrected chi connectivity index (χ3v) is 3.73. The van der Waals surface area contributed by atoms with Gasteiger partial charge in [-0.25, -0.2) is 9.78 Å². The molecule has 0 aromatic carbocycles. The maximum absolute atomic E-state index is 11.4. The van der Waals surface area contributed by atoms with Crippen LogP contribution in [0.25, 0.3) is 0 Å². The lowest BCUT2D eigenvalue weighted by molar-refractivity contribution is 0.0694. The van der Waals surface area contributed by atoms with Crippen molar-refractivity contribution < 1.29 is 9.90 Å². The van der Waals surface area contributed by atoms with Crippen LogP contribution in [0, 0.1) is 5.41 Å². The van der Waals surface area contributed by atoms with Gasteiger partial charge in [0.05, 0.1) is 0 Å². The predicted molar refractivity (Wildman–Crippen MR) is 70.7 cm³/mol. The molecule has 0 bridgehead atoms. The van der Waals surface area contributed by atoms with Crippen LogP contribution in [-0.2, 0) is 11.8 Å². The zero-order valence-corrected chi connectivity index (χ0v) is 11.4. The van der Waals surface area contributed by atoms with E-state index in [2.05, 4.69) is 32.7 Å². The van der Waals surface area contributed by atoms with Crippen LogP contribution in [0.15, 0.2) is 6.20 Å². The highest BCUT2D eigenvalue weighted by Crippen LogP contribution is 2.46.